The van der Waals surface area contributed by atoms with Crippen molar-refractivity contribution in [1.82, 2.24) is 15.8 Å². The van der Waals surface area contributed by atoms with Crippen LogP contribution in [0.2, 0.25) is 0 Å². The molecule has 2 rings (SSSR count). The Morgan fingerprint density at radius 1 is 1.30 bits per heavy atom. The summed E-state index contributed by atoms with van der Waals surface area (Å²) in [6, 6.07) is 9.30. The van der Waals surface area contributed by atoms with Gasteiger partial charge in [-0.2, -0.15) is 0 Å². The summed E-state index contributed by atoms with van der Waals surface area (Å²) in [6.45, 7) is 7.54. The number of ether oxygens (including phenoxy) is 1. The summed E-state index contributed by atoms with van der Waals surface area (Å²) in [5.41, 5.74) is 1.70. The van der Waals surface area contributed by atoms with E-state index in [0.29, 0.717) is 36.5 Å². The number of methoxy groups -OCH3 is 1. The maximum Gasteiger partial charge on any atom is 0.191 e. The minimum absolute atomic E-state index is 0. The highest BCUT2D eigenvalue weighted by Crippen LogP contribution is 2.18. The van der Waals surface area contributed by atoms with Crippen molar-refractivity contribution < 1.29 is 14.4 Å². The molecule has 0 radical (unpaired) electrons. The maximum atomic E-state index is 10.4. The lowest BCUT2D eigenvalue weighted by Crippen LogP contribution is -2.39. The van der Waals surface area contributed by atoms with Crippen LogP contribution in [0.5, 0.6) is 5.75 Å². The van der Waals surface area contributed by atoms with Gasteiger partial charge >= 0.3 is 0 Å². The van der Waals surface area contributed by atoms with Crippen LogP contribution in [0.25, 0.3) is 0 Å². The average Bonchev–Trinajstić information content (AvgIpc) is 3.13. The van der Waals surface area contributed by atoms with Gasteiger partial charge in [0.2, 0.25) is 0 Å². The summed E-state index contributed by atoms with van der Waals surface area (Å²) in [7, 11) is 1.61. The smallest absolute Gasteiger partial charge is 0.191 e. The number of aliphatic hydroxyl groups is 1. The van der Waals surface area contributed by atoms with Gasteiger partial charge in [-0.3, -0.25) is 0 Å². The third-order valence-corrected chi connectivity index (χ3v) is 3.85. The van der Waals surface area contributed by atoms with Crippen molar-refractivity contribution in [3.8, 4) is 5.75 Å². The Kier molecular flexibility index (Phi) is 10.2. The van der Waals surface area contributed by atoms with E-state index in [1.54, 1.807) is 7.11 Å². The molecule has 0 spiro atoms. The molecule has 0 saturated heterocycles. The molecule has 3 N–H and O–H groups in total. The molecule has 8 heteroatoms. The van der Waals surface area contributed by atoms with E-state index in [2.05, 4.69) is 34.6 Å². The molecular weight excluding hydrogens is 459 g/mol. The molecule has 0 aliphatic carbocycles. The Hall–Kier alpha value is -1.81. The van der Waals surface area contributed by atoms with Crippen molar-refractivity contribution in [2.45, 2.75) is 39.3 Å². The van der Waals surface area contributed by atoms with Gasteiger partial charge in [0.25, 0.3) is 0 Å². The fourth-order valence-corrected chi connectivity index (χ4v) is 2.33. The molecule has 1 aromatic heterocycles. The van der Waals surface area contributed by atoms with E-state index in [9.17, 15) is 5.11 Å². The van der Waals surface area contributed by atoms with Crippen molar-refractivity contribution in [2.75, 3.05) is 20.2 Å². The Bertz CT molecular complexity index is 718. The number of hydrogen-bond acceptors (Lipinski definition) is 5. The summed E-state index contributed by atoms with van der Waals surface area (Å²) < 4.78 is 10.5. The first-order valence-corrected chi connectivity index (χ1v) is 8.83. The maximum absolute atomic E-state index is 10.4. The largest absolute Gasteiger partial charge is 0.497 e. The van der Waals surface area contributed by atoms with Crippen LogP contribution in [0.3, 0.4) is 0 Å². The second kappa shape index (κ2) is 11.8. The number of nitrogens with zero attached hydrogens (tertiary/aromatic N) is 2. The number of aliphatic hydroxyl groups excluding tert-OH is 1. The molecule has 1 unspecified atom stereocenters. The molecular formula is C19H29IN4O3. The van der Waals surface area contributed by atoms with Gasteiger partial charge in [-0.1, -0.05) is 31.1 Å². The standard InChI is InChI=1S/C19H28N4O3.HI/c1-5-20-19(21-11-16-10-17(13(2)3)23-26-16)22-12-18(24)14-7-6-8-15(9-14)25-4;/h6-10,13,18,24H,5,11-12H2,1-4H3,(H2,20,21,22);1H. The zero-order valence-corrected chi connectivity index (χ0v) is 18.6. The summed E-state index contributed by atoms with van der Waals surface area (Å²) in [4.78, 5) is 4.48. The fraction of sp³-hybridized carbons (Fsp3) is 0.474. The Balaban J connectivity index is 0.00000364. The molecule has 1 aromatic carbocycles. The summed E-state index contributed by atoms with van der Waals surface area (Å²) in [5, 5.41) is 20.7. The first kappa shape index (κ1) is 23.2. The monoisotopic (exact) mass is 488 g/mol. The SMILES string of the molecule is CCNC(=NCc1cc(C(C)C)no1)NCC(O)c1cccc(OC)c1.I. The highest BCUT2D eigenvalue weighted by atomic mass is 127. The predicted octanol–water partition coefficient (Wildman–Crippen LogP) is 3.21. The third-order valence-electron chi connectivity index (χ3n) is 3.85. The van der Waals surface area contributed by atoms with Crippen LogP contribution in [-0.2, 0) is 6.54 Å². The van der Waals surface area contributed by atoms with Crippen LogP contribution in [0.15, 0.2) is 39.8 Å². The molecule has 0 fully saturated rings. The van der Waals surface area contributed by atoms with Crippen LogP contribution in [0, 0.1) is 0 Å². The Labute approximate surface area is 177 Å². The van der Waals surface area contributed by atoms with Gasteiger partial charge in [-0.15, -0.1) is 24.0 Å². The minimum Gasteiger partial charge on any atom is -0.497 e. The van der Waals surface area contributed by atoms with E-state index < -0.39 is 6.10 Å². The number of aliphatic imine (C=N–C) groups is 1. The lowest BCUT2D eigenvalue weighted by molar-refractivity contribution is 0.180. The molecule has 0 bridgehead atoms. The zero-order valence-electron chi connectivity index (χ0n) is 16.2. The summed E-state index contributed by atoms with van der Waals surface area (Å²) >= 11 is 0. The van der Waals surface area contributed by atoms with Crippen LogP contribution < -0.4 is 15.4 Å². The van der Waals surface area contributed by atoms with Crippen LogP contribution in [0.4, 0.5) is 0 Å². The number of rotatable bonds is 8. The summed E-state index contributed by atoms with van der Waals surface area (Å²) in [6.07, 6.45) is -0.674. The number of guanidine groups is 1. The predicted molar refractivity (Wildman–Crippen MR) is 117 cm³/mol. The summed E-state index contributed by atoms with van der Waals surface area (Å²) in [5.74, 6) is 2.35. The zero-order chi connectivity index (χ0) is 18.9. The number of benzene rings is 1. The first-order chi connectivity index (χ1) is 12.5. The molecule has 0 amide bonds. The van der Waals surface area contributed by atoms with Crippen molar-refractivity contribution in [1.29, 1.82) is 0 Å². The minimum atomic E-state index is -0.674. The lowest BCUT2D eigenvalue weighted by atomic mass is 10.1. The normalized spacial score (nSPS) is 12.4. The van der Waals surface area contributed by atoms with E-state index in [1.807, 2.05) is 37.3 Å². The van der Waals surface area contributed by atoms with Gasteiger partial charge in [0.15, 0.2) is 11.7 Å². The highest BCUT2D eigenvalue weighted by Gasteiger charge is 2.10. The van der Waals surface area contributed by atoms with Gasteiger partial charge in [0.05, 0.1) is 18.9 Å². The van der Waals surface area contributed by atoms with Crippen molar-refractivity contribution in [3.63, 3.8) is 0 Å². The van der Waals surface area contributed by atoms with Gasteiger partial charge in [-0.05, 0) is 30.5 Å². The second-order valence-electron chi connectivity index (χ2n) is 6.24. The van der Waals surface area contributed by atoms with E-state index in [-0.39, 0.29) is 24.0 Å². The molecule has 2 aromatic rings. The first-order valence-electron chi connectivity index (χ1n) is 8.83. The van der Waals surface area contributed by atoms with Crippen LogP contribution >= 0.6 is 24.0 Å². The Morgan fingerprint density at radius 3 is 2.70 bits per heavy atom. The molecule has 1 atom stereocenters. The molecule has 150 valence electrons. The van der Waals surface area contributed by atoms with Crippen molar-refractivity contribution in [3.05, 3.63) is 47.3 Å². The Morgan fingerprint density at radius 2 is 2.07 bits per heavy atom. The van der Waals surface area contributed by atoms with Gasteiger partial charge in [-0.25, -0.2) is 4.99 Å². The van der Waals surface area contributed by atoms with Gasteiger partial charge in [0.1, 0.15) is 12.3 Å². The van der Waals surface area contributed by atoms with E-state index >= 15 is 0 Å². The van der Waals surface area contributed by atoms with Crippen LogP contribution in [-0.4, -0.2) is 36.4 Å². The van der Waals surface area contributed by atoms with Crippen LogP contribution in [0.1, 0.15) is 49.8 Å². The lowest BCUT2D eigenvalue weighted by Gasteiger charge is -2.16. The quantitative estimate of drug-likeness (QED) is 0.300. The molecule has 1 heterocycles. The highest BCUT2D eigenvalue weighted by molar-refractivity contribution is 14.0. The molecule has 0 aliphatic heterocycles. The second-order valence-corrected chi connectivity index (χ2v) is 6.24. The number of hydrogen-bond donors (Lipinski definition) is 3. The number of nitrogens with one attached hydrogen (secondary N) is 2. The fourth-order valence-electron chi connectivity index (χ4n) is 2.33. The van der Waals surface area contributed by atoms with Crippen molar-refractivity contribution >= 4 is 29.9 Å². The molecule has 7 nitrogen and oxygen atoms in total. The topological polar surface area (TPSA) is 91.9 Å². The number of halogens is 1. The van der Waals surface area contributed by atoms with E-state index in [0.717, 1.165) is 17.8 Å². The third kappa shape index (κ3) is 7.37. The van der Waals surface area contributed by atoms with E-state index in [4.69, 9.17) is 9.26 Å². The van der Waals surface area contributed by atoms with Crippen molar-refractivity contribution in [2.24, 2.45) is 4.99 Å². The molecule has 0 saturated carbocycles. The average molecular weight is 488 g/mol. The van der Waals surface area contributed by atoms with Gasteiger partial charge < -0.3 is 25.0 Å². The number of aromatic nitrogens is 1. The molecule has 27 heavy (non-hydrogen) atoms. The molecule has 0 aliphatic rings. The van der Waals surface area contributed by atoms with E-state index in [1.165, 1.54) is 0 Å². The van der Waals surface area contributed by atoms with Gasteiger partial charge in [0, 0.05) is 19.2 Å².